The molecule has 0 bridgehead atoms. The summed E-state index contributed by atoms with van der Waals surface area (Å²) in [5, 5.41) is 33.7. The van der Waals surface area contributed by atoms with Crippen molar-refractivity contribution in [2.75, 3.05) is 0 Å². The molecule has 124 heavy (non-hydrogen) atoms. The first-order valence-electron chi connectivity index (χ1n) is 39.5. The Hall–Kier alpha value is -12.9. The molecule has 624 valence electrons. The molecule has 0 aliphatic rings. The van der Waals surface area contributed by atoms with Crippen molar-refractivity contribution in [3.8, 4) is 113 Å². The molecule has 20 rings (SSSR count). The van der Waals surface area contributed by atoms with Gasteiger partial charge in [0.05, 0.1) is 0 Å². The molecule has 0 atom stereocenters. The maximum Gasteiger partial charge on any atom is 2.00 e. The van der Waals surface area contributed by atoms with E-state index >= 15 is 0 Å². The Kier molecular flexibility index (Phi) is 45.4. The van der Waals surface area contributed by atoms with E-state index in [1.165, 1.54) is 22.3 Å². The van der Waals surface area contributed by atoms with Crippen molar-refractivity contribution in [1.82, 2.24) is 50.8 Å². The van der Waals surface area contributed by atoms with Gasteiger partial charge in [-0.1, -0.05) is 435 Å². The summed E-state index contributed by atoms with van der Waals surface area (Å²) in [7, 11) is 0. The molecule has 0 saturated carbocycles. The molecule has 0 aliphatic heterocycles. The topological polar surface area (TPSA) is 134 Å². The van der Waals surface area contributed by atoms with Crippen LogP contribution < -0.4 is 20.4 Å². The van der Waals surface area contributed by atoms with E-state index in [1.54, 1.807) is 12.4 Å². The summed E-state index contributed by atoms with van der Waals surface area (Å²) in [6, 6.07) is 163. The van der Waals surface area contributed by atoms with Gasteiger partial charge in [0.15, 0.2) is 0 Å². The number of pyridine rings is 2. The van der Waals surface area contributed by atoms with Crippen LogP contribution in [0.25, 0.3) is 113 Å². The molecule has 0 fully saturated rings. The zero-order valence-electron chi connectivity index (χ0n) is 68.9. The minimum absolute atomic E-state index is 0. The van der Waals surface area contributed by atoms with Gasteiger partial charge in [0, 0.05) is 35.2 Å². The van der Waals surface area contributed by atoms with Crippen LogP contribution in [0.4, 0.5) is 0 Å². The molecule has 14 heteroatoms. The predicted octanol–water partition coefficient (Wildman–Crippen LogP) is 26.6. The van der Waals surface area contributed by atoms with Gasteiger partial charge in [0.25, 0.3) is 0 Å². The van der Waals surface area contributed by atoms with Gasteiger partial charge in [-0.25, -0.2) is 0 Å². The fourth-order valence-electron chi connectivity index (χ4n) is 11.5. The van der Waals surface area contributed by atoms with Crippen molar-refractivity contribution in [2.45, 2.75) is 27.7 Å². The van der Waals surface area contributed by atoms with E-state index in [1.807, 2.05) is 425 Å². The number of rotatable bonds is 10. The minimum Gasteiger partial charge on any atom is -0.574 e. The van der Waals surface area contributed by atoms with Crippen LogP contribution >= 0.6 is 0 Å². The van der Waals surface area contributed by atoms with Crippen molar-refractivity contribution in [1.29, 1.82) is 0 Å². The number of hydrogen-bond donors (Lipinski definition) is 0. The zero-order chi connectivity index (χ0) is 82.9. The standard InChI is InChI=1S/4C15H11N2.2C11H8N.4C7H8.2Ag.2Pt/c4*1-3-7-12(8-4-1)14-11-15(17-16-14)13-9-5-2-6-10-13;2*1-2-6-10(7-3-1)11-8-4-5-9-12-11;4*1-7-5-3-2-4-6-7;;;;/h4*1-11H;2*1-6,8-9H;4*2-6H,1H3;;;;/q6*-1;;;;;2*+1;2*+2. The van der Waals surface area contributed by atoms with Crippen LogP contribution in [0.2, 0.25) is 0 Å². The average molecular weight is 2160 g/mol. The quantitative estimate of drug-likeness (QED) is 0.0962. The summed E-state index contributed by atoms with van der Waals surface area (Å²) in [5.41, 5.74) is 25.5. The van der Waals surface area contributed by atoms with Gasteiger partial charge in [-0.2, -0.15) is 0 Å². The van der Waals surface area contributed by atoms with Gasteiger partial charge in [0.1, 0.15) is 0 Å². The Morgan fingerprint density at radius 1 is 0.185 bits per heavy atom. The number of hydrogen-bond acceptors (Lipinski definition) is 6. The molecule has 0 aliphatic carbocycles. The van der Waals surface area contributed by atoms with Crippen LogP contribution in [0, 0.1) is 39.8 Å². The minimum atomic E-state index is 0. The fourth-order valence-corrected chi connectivity index (χ4v) is 11.5. The molecular weight excluding hydrogens is 2070 g/mol. The van der Waals surface area contributed by atoms with E-state index in [0.29, 0.717) is 0 Å². The first kappa shape index (κ1) is 98.2. The van der Waals surface area contributed by atoms with E-state index in [-0.39, 0.29) is 86.9 Å². The third-order valence-electron chi connectivity index (χ3n) is 17.8. The van der Waals surface area contributed by atoms with Gasteiger partial charge in [-0.3, -0.25) is 0 Å². The van der Waals surface area contributed by atoms with Gasteiger partial charge in [-0.15, -0.1) is 94.6 Å². The van der Waals surface area contributed by atoms with Crippen LogP contribution in [0.15, 0.2) is 486 Å². The second-order valence-corrected chi connectivity index (χ2v) is 27.0. The maximum absolute atomic E-state index is 4.22. The van der Waals surface area contributed by atoms with Crippen molar-refractivity contribution in [2.24, 2.45) is 0 Å². The maximum atomic E-state index is 4.22. The summed E-state index contributed by atoms with van der Waals surface area (Å²) in [4.78, 5) is 8.44. The van der Waals surface area contributed by atoms with Crippen LogP contribution in [-0.2, 0) is 86.9 Å². The van der Waals surface area contributed by atoms with Gasteiger partial charge < -0.3 is 50.8 Å². The molecule has 10 nitrogen and oxygen atoms in total. The summed E-state index contributed by atoms with van der Waals surface area (Å²) >= 11 is 0. The first-order valence-corrected chi connectivity index (χ1v) is 39.5. The third-order valence-corrected chi connectivity index (χ3v) is 17.8. The van der Waals surface area contributed by atoms with Crippen molar-refractivity contribution in [3.05, 3.63) is 520 Å². The Labute approximate surface area is 790 Å². The number of aryl methyl sites for hydroxylation is 4. The van der Waals surface area contributed by atoms with Crippen molar-refractivity contribution >= 4 is 0 Å². The molecular formula is C110H92Ag2N10Pt2. The third kappa shape index (κ3) is 34.9. The Bertz CT molecular complexity index is 5040. The van der Waals surface area contributed by atoms with E-state index in [2.05, 4.69) is 139 Å². The SMILES string of the molecule is Cc1ccccc1.Cc1ccccc1.Cc1ccccc1.Cc1ccccc1.[Ag+].[Ag+].[Pt+2].[Pt+2].[c-]1ccccc1-c1ccccn1.[c-]1ccccc1-c1ccccn1.c1ccc(-c2cc(-c3ccccc3)[n-]n2)cc1.c1ccc(-c2cc(-c3ccccc3)[n-]n2)cc1.c1ccc(-c2cc(-c3ccccc3)[n-]n2)cc1.c1ccc(-c2cc(-c3ccccc3)[n-]n2)cc1. The molecule has 0 radical (unpaired) electrons. The number of aromatic nitrogens is 10. The van der Waals surface area contributed by atoms with Gasteiger partial charge in [-0.05, 0) is 95.7 Å². The molecule has 0 amide bonds. The zero-order valence-corrected chi connectivity index (χ0v) is 76.4. The van der Waals surface area contributed by atoms with Gasteiger partial charge >= 0.3 is 86.9 Å². The van der Waals surface area contributed by atoms with Crippen molar-refractivity contribution in [3.63, 3.8) is 0 Å². The molecule has 20 aromatic rings. The Balaban J connectivity index is 0.000000192. The summed E-state index contributed by atoms with van der Waals surface area (Å²) in [6.07, 6.45) is 3.58. The fraction of sp³-hybridized carbons (Fsp3) is 0.0364. The first-order chi connectivity index (χ1) is 59.2. The number of benzene rings is 14. The molecule has 0 spiro atoms. The summed E-state index contributed by atoms with van der Waals surface area (Å²) in [6.45, 7) is 8.33. The van der Waals surface area contributed by atoms with Crippen LogP contribution in [-0.4, -0.2) is 30.4 Å². The number of nitrogens with zero attached hydrogens (tertiary/aromatic N) is 10. The largest absolute Gasteiger partial charge is 2.00 e. The van der Waals surface area contributed by atoms with Crippen molar-refractivity contribution < 1.29 is 86.9 Å². The monoisotopic (exact) mass is 2160 g/mol. The molecule has 14 aromatic carbocycles. The van der Waals surface area contributed by atoms with E-state index in [9.17, 15) is 0 Å². The van der Waals surface area contributed by atoms with Gasteiger partial charge in [0.2, 0.25) is 0 Å². The van der Waals surface area contributed by atoms with Crippen LogP contribution in [0.1, 0.15) is 22.3 Å². The van der Waals surface area contributed by atoms with E-state index in [4.69, 9.17) is 0 Å². The summed E-state index contributed by atoms with van der Waals surface area (Å²) < 4.78 is 0. The molecule has 0 unspecified atom stereocenters. The summed E-state index contributed by atoms with van der Waals surface area (Å²) in [5.74, 6) is 0. The molecule has 0 N–H and O–H groups in total. The Morgan fingerprint density at radius 3 is 0.524 bits per heavy atom. The normalized spacial score (nSPS) is 9.52. The average Bonchev–Trinajstić information content (AvgIpc) is 1.72. The smallest absolute Gasteiger partial charge is 0.574 e. The van der Waals surface area contributed by atoms with E-state index in [0.717, 1.165) is 113 Å². The second kappa shape index (κ2) is 57.4. The molecule has 6 heterocycles. The molecule has 0 saturated heterocycles. The predicted molar refractivity (Wildman–Crippen MR) is 495 cm³/mol. The second-order valence-electron chi connectivity index (χ2n) is 27.0. The van der Waals surface area contributed by atoms with Crippen LogP contribution in [0.3, 0.4) is 0 Å². The van der Waals surface area contributed by atoms with E-state index < -0.39 is 0 Å². The Morgan fingerprint density at radius 2 is 0.363 bits per heavy atom. The van der Waals surface area contributed by atoms with Crippen LogP contribution in [0.5, 0.6) is 0 Å². The molecule has 6 aromatic heterocycles.